The summed E-state index contributed by atoms with van der Waals surface area (Å²) >= 11 is 3.28. The summed E-state index contributed by atoms with van der Waals surface area (Å²) in [6.07, 6.45) is 0. The van der Waals surface area contributed by atoms with E-state index in [4.69, 9.17) is 10.3 Å². The molecule has 0 aromatic heterocycles. The second kappa shape index (κ2) is 7.40. The smallest absolute Gasteiger partial charge is 0.338 e. The molecule has 7 heteroatoms. The number of Topliss-reactive ketones (excluding diaryl/α,β-unsaturated/α-hetero) is 1. The Morgan fingerprint density at radius 2 is 1.64 bits per heavy atom. The maximum atomic E-state index is 11.9. The van der Waals surface area contributed by atoms with Crippen LogP contribution in [0.4, 0.5) is 5.69 Å². The van der Waals surface area contributed by atoms with Crippen LogP contribution in [0, 0.1) is 0 Å². The Hall–Kier alpha value is -2.63. The van der Waals surface area contributed by atoms with Crippen molar-refractivity contribution in [3.8, 4) is 0 Å². The van der Waals surface area contributed by atoms with E-state index < -0.39 is 5.97 Å². The van der Waals surface area contributed by atoms with Gasteiger partial charge in [-0.15, -0.1) is 0 Å². The van der Waals surface area contributed by atoms with Gasteiger partial charge in [0, 0.05) is 20.6 Å². The van der Waals surface area contributed by atoms with Crippen LogP contribution in [0.15, 0.2) is 58.1 Å². The van der Waals surface area contributed by atoms with Crippen LogP contribution in [0.3, 0.4) is 0 Å². The van der Waals surface area contributed by atoms with Gasteiger partial charge in [0.15, 0.2) is 12.4 Å². The highest BCUT2D eigenvalue weighted by Gasteiger charge is 2.11. The molecule has 0 unspecified atom stereocenters. The highest BCUT2D eigenvalue weighted by atomic mass is 79.9. The third kappa shape index (κ3) is 4.18. The second-order valence-corrected chi connectivity index (χ2v) is 5.16. The number of halogens is 1. The molecule has 0 atom stereocenters. The molecule has 0 aliphatic heterocycles. The van der Waals surface area contributed by atoms with Gasteiger partial charge in [-0.3, -0.25) is 4.79 Å². The number of esters is 1. The van der Waals surface area contributed by atoms with Gasteiger partial charge in [-0.2, -0.15) is 0 Å². The average molecular weight is 360 g/mol. The minimum Gasteiger partial charge on any atom is -0.454 e. The zero-order valence-corrected chi connectivity index (χ0v) is 12.9. The first-order valence-corrected chi connectivity index (χ1v) is 7.00. The lowest BCUT2D eigenvalue weighted by Crippen LogP contribution is -2.14. The van der Waals surface area contributed by atoms with Gasteiger partial charge in [-0.1, -0.05) is 45.3 Å². The topological polar surface area (TPSA) is 92.1 Å². The van der Waals surface area contributed by atoms with Crippen molar-refractivity contribution in [2.24, 2.45) is 5.11 Å². The van der Waals surface area contributed by atoms with Crippen LogP contribution < -0.4 is 0 Å². The molecule has 2 aromatic carbocycles. The molecule has 2 aromatic rings. The van der Waals surface area contributed by atoms with Crippen molar-refractivity contribution in [3.05, 3.63) is 74.6 Å². The number of rotatable bonds is 5. The SMILES string of the molecule is [N-]=[N+]=Nc1ccc(C(=O)OCC(=O)c2ccc(Br)cc2)cc1. The van der Waals surface area contributed by atoms with Gasteiger partial charge in [-0.25, -0.2) is 4.79 Å². The summed E-state index contributed by atoms with van der Waals surface area (Å²) < 4.78 is 5.83. The molecule has 0 N–H and O–H groups in total. The molecule has 0 aliphatic rings. The van der Waals surface area contributed by atoms with Crippen LogP contribution in [0.1, 0.15) is 20.7 Å². The number of hydrogen-bond acceptors (Lipinski definition) is 4. The van der Waals surface area contributed by atoms with Crippen molar-refractivity contribution in [3.63, 3.8) is 0 Å². The predicted molar refractivity (Wildman–Crippen MR) is 84.0 cm³/mol. The Balaban J connectivity index is 1.95. The lowest BCUT2D eigenvalue weighted by molar-refractivity contribution is 0.0475. The van der Waals surface area contributed by atoms with E-state index in [0.717, 1.165) is 4.47 Å². The van der Waals surface area contributed by atoms with Crippen LogP contribution in [0.25, 0.3) is 10.4 Å². The maximum Gasteiger partial charge on any atom is 0.338 e. The van der Waals surface area contributed by atoms with E-state index >= 15 is 0 Å². The fraction of sp³-hybridized carbons (Fsp3) is 0.0667. The molecular weight excluding hydrogens is 350 g/mol. The highest BCUT2D eigenvalue weighted by Crippen LogP contribution is 2.14. The highest BCUT2D eigenvalue weighted by molar-refractivity contribution is 9.10. The molecule has 0 fully saturated rings. The van der Waals surface area contributed by atoms with Crippen LogP contribution in [0.5, 0.6) is 0 Å². The maximum absolute atomic E-state index is 11.9. The summed E-state index contributed by atoms with van der Waals surface area (Å²) in [6, 6.07) is 12.7. The summed E-state index contributed by atoms with van der Waals surface area (Å²) in [6.45, 7) is -0.335. The van der Waals surface area contributed by atoms with Crippen LogP contribution in [0.2, 0.25) is 0 Å². The van der Waals surface area contributed by atoms with Crippen LogP contribution >= 0.6 is 15.9 Å². The van der Waals surface area contributed by atoms with Gasteiger partial charge >= 0.3 is 5.97 Å². The Kier molecular flexibility index (Phi) is 5.30. The summed E-state index contributed by atoms with van der Waals surface area (Å²) in [4.78, 5) is 26.3. The molecule has 0 saturated carbocycles. The first-order valence-electron chi connectivity index (χ1n) is 6.21. The van der Waals surface area contributed by atoms with Crippen molar-refractivity contribution in [2.75, 3.05) is 6.61 Å². The second-order valence-electron chi connectivity index (χ2n) is 4.24. The van der Waals surface area contributed by atoms with Gasteiger partial charge in [-0.05, 0) is 29.8 Å². The van der Waals surface area contributed by atoms with Gasteiger partial charge in [0.05, 0.1) is 5.56 Å². The zero-order valence-electron chi connectivity index (χ0n) is 11.3. The van der Waals surface area contributed by atoms with E-state index in [1.807, 2.05) is 0 Å². The number of azide groups is 1. The monoisotopic (exact) mass is 359 g/mol. The molecule has 0 spiro atoms. The quantitative estimate of drug-likeness (QED) is 0.260. The Morgan fingerprint density at radius 3 is 2.23 bits per heavy atom. The largest absolute Gasteiger partial charge is 0.454 e. The van der Waals surface area contributed by atoms with Gasteiger partial charge in [0.2, 0.25) is 0 Å². The van der Waals surface area contributed by atoms with E-state index in [0.29, 0.717) is 11.3 Å². The third-order valence-electron chi connectivity index (χ3n) is 2.76. The Morgan fingerprint density at radius 1 is 1.05 bits per heavy atom. The first kappa shape index (κ1) is 15.8. The normalized spacial score (nSPS) is 9.68. The van der Waals surface area contributed by atoms with Crippen molar-refractivity contribution >= 4 is 33.4 Å². The minimum absolute atomic E-state index is 0.278. The number of ketones is 1. The van der Waals surface area contributed by atoms with E-state index in [2.05, 4.69) is 26.0 Å². The molecule has 22 heavy (non-hydrogen) atoms. The molecule has 110 valence electrons. The fourth-order valence-corrected chi connectivity index (χ4v) is 1.91. The van der Waals surface area contributed by atoms with Gasteiger partial charge in [0.1, 0.15) is 0 Å². The van der Waals surface area contributed by atoms with E-state index in [-0.39, 0.29) is 18.0 Å². The molecule has 6 nitrogen and oxygen atoms in total. The van der Waals surface area contributed by atoms with E-state index in [1.165, 1.54) is 24.3 Å². The third-order valence-corrected chi connectivity index (χ3v) is 3.29. The Labute approximate surface area is 134 Å². The summed E-state index contributed by atoms with van der Waals surface area (Å²) in [5.41, 5.74) is 9.43. The minimum atomic E-state index is -0.613. The molecule has 0 heterocycles. The average Bonchev–Trinajstić information content (AvgIpc) is 2.54. The summed E-state index contributed by atoms with van der Waals surface area (Å²) in [5, 5.41) is 3.40. The zero-order chi connectivity index (χ0) is 15.9. The summed E-state index contributed by atoms with van der Waals surface area (Å²) in [5.74, 6) is -0.899. The fourth-order valence-electron chi connectivity index (χ4n) is 1.65. The van der Waals surface area contributed by atoms with E-state index in [9.17, 15) is 9.59 Å². The molecule has 0 bridgehead atoms. The van der Waals surface area contributed by atoms with Crippen LogP contribution in [-0.2, 0) is 4.74 Å². The van der Waals surface area contributed by atoms with Crippen LogP contribution in [-0.4, -0.2) is 18.4 Å². The van der Waals surface area contributed by atoms with Crippen molar-refractivity contribution in [2.45, 2.75) is 0 Å². The van der Waals surface area contributed by atoms with Crippen molar-refractivity contribution in [1.82, 2.24) is 0 Å². The van der Waals surface area contributed by atoms with E-state index in [1.54, 1.807) is 24.3 Å². The first-order chi connectivity index (χ1) is 10.6. The number of ether oxygens (including phenoxy) is 1. The van der Waals surface area contributed by atoms with Crippen molar-refractivity contribution in [1.29, 1.82) is 0 Å². The number of hydrogen-bond donors (Lipinski definition) is 0. The molecule has 0 radical (unpaired) electrons. The molecule has 2 rings (SSSR count). The molecule has 0 saturated heterocycles. The lowest BCUT2D eigenvalue weighted by Gasteiger charge is -2.05. The summed E-state index contributed by atoms with van der Waals surface area (Å²) in [7, 11) is 0. The number of nitrogens with zero attached hydrogens (tertiary/aromatic N) is 3. The Bertz CT molecular complexity index is 736. The molecule has 0 aliphatic carbocycles. The molecule has 0 amide bonds. The van der Waals surface area contributed by atoms with Gasteiger partial charge in [0.25, 0.3) is 0 Å². The predicted octanol–water partition coefficient (Wildman–Crippen LogP) is 4.43. The standard InChI is InChI=1S/C15H10BrN3O3/c16-12-5-1-10(2-6-12)14(20)9-22-15(21)11-3-7-13(8-4-11)18-19-17/h1-8H,9H2. The van der Waals surface area contributed by atoms with Gasteiger partial charge < -0.3 is 4.74 Å². The number of benzene rings is 2. The number of carbonyl (C=O) groups excluding carboxylic acids is 2. The number of carbonyl (C=O) groups is 2. The lowest BCUT2D eigenvalue weighted by atomic mass is 10.1. The van der Waals surface area contributed by atoms with Crippen molar-refractivity contribution < 1.29 is 14.3 Å². The molecular formula is C15H10BrN3O3.